The maximum atomic E-state index is 13.4. The number of fused-ring (bicyclic) bond motifs is 1. The molecular formula is C34H30O7S. The number of carbonyl (C=O) groups is 2. The Morgan fingerprint density at radius 1 is 0.690 bits per heavy atom. The van der Waals surface area contributed by atoms with Crippen LogP contribution in [0.1, 0.15) is 38.1 Å². The fourth-order valence-corrected chi connectivity index (χ4v) is 6.07. The van der Waals surface area contributed by atoms with E-state index in [0.717, 1.165) is 16.0 Å². The number of benzene rings is 4. The average molecular weight is 583 g/mol. The van der Waals surface area contributed by atoms with Crippen LogP contribution in [0.25, 0.3) is 0 Å². The van der Waals surface area contributed by atoms with Gasteiger partial charge in [0.2, 0.25) is 0 Å². The fourth-order valence-electron chi connectivity index (χ4n) is 4.96. The molecule has 4 aromatic carbocycles. The Balaban J connectivity index is 1.36. The number of aryl methyl sites for hydroxylation is 1. The van der Waals surface area contributed by atoms with E-state index >= 15 is 0 Å². The normalized spacial score (nSPS) is 25.2. The summed E-state index contributed by atoms with van der Waals surface area (Å²) in [4.78, 5) is 27.8. The standard InChI is InChI=1S/C34H30O7S/c1-22-17-19-26(20-18-22)42-34-30(40-32(36)24-13-7-3-8-14-24)29(39-31(35)23-11-5-2-6-12-23)28-27(38-34)21-37-33(41-28)25-15-9-4-10-16-25/h2-20,27-30,33-34H,21H2,1H3/t27-,28-,29+,30-,33?,34?/m1/s1. The molecule has 4 aromatic rings. The number of hydrogen-bond donors (Lipinski definition) is 0. The van der Waals surface area contributed by atoms with Crippen LogP contribution in [0.5, 0.6) is 0 Å². The zero-order valence-corrected chi connectivity index (χ0v) is 23.7. The largest absolute Gasteiger partial charge is 0.452 e. The van der Waals surface area contributed by atoms with Crippen molar-refractivity contribution >= 4 is 23.7 Å². The molecule has 2 fully saturated rings. The SMILES string of the molecule is Cc1ccc(SC2O[C@@H]3COC(c4ccccc4)O[C@H]3[C@H](OC(=O)c3ccccc3)[C@H]2OC(=O)c2ccccc2)cc1. The molecule has 0 radical (unpaired) electrons. The van der Waals surface area contributed by atoms with Gasteiger partial charge in [0.05, 0.1) is 17.7 Å². The van der Waals surface area contributed by atoms with Gasteiger partial charge in [0.1, 0.15) is 17.6 Å². The molecule has 0 N–H and O–H groups in total. The zero-order valence-electron chi connectivity index (χ0n) is 22.9. The summed E-state index contributed by atoms with van der Waals surface area (Å²) in [6.07, 6.45) is -4.02. The van der Waals surface area contributed by atoms with E-state index in [1.54, 1.807) is 48.5 Å². The first-order valence-corrected chi connectivity index (χ1v) is 14.7. The summed E-state index contributed by atoms with van der Waals surface area (Å²) in [5, 5.41) is 0. The summed E-state index contributed by atoms with van der Waals surface area (Å²) in [6, 6.07) is 34.9. The summed E-state index contributed by atoms with van der Waals surface area (Å²) in [5.41, 5.74) is 1.98. The Labute approximate surface area is 248 Å². The predicted molar refractivity (Wildman–Crippen MR) is 157 cm³/mol. The van der Waals surface area contributed by atoms with Crippen LogP contribution in [0.2, 0.25) is 0 Å². The van der Waals surface area contributed by atoms with Gasteiger partial charge in [-0.25, -0.2) is 9.59 Å². The summed E-state index contributed by atoms with van der Waals surface area (Å²) >= 11 is 1.40. The Morgan fingerprint density at radius 3 is 1.83 bits per heavy atom. The molecule has 6 atom stereocenters. The average Bonchev–Trinajstić information content (AvgIpc) is 3.04. The molecule has 6 rings (SSSR count). The van der Waals surface area contributed by atoms with E-state index in [0.29, 0.717) is 11.1 Å². The van der Waals surface area contributed by atoms with Gasteiger partial charge < -0.3 is 23.7 Å². The second-order valence-electron chi connectivity index (χ2n) is 10.1. The van der Waals surface area contributed by atoms with Gasteiger partial charge in [-0.15, -0.1) is 0 Å². The molecule has 7 nitrogen and oxygen atoms in total. The van der Waals surface area contributed by atoms with Gasteiger partial charge in [0.15, 0.2) is 18.5 Å². The molecule has 2 aliphatic rings. The maximum Gasteiger partial charge on any atom is 0.338 e. The van der Waals surface area contributed by atoms with Gasteiger partial charge in [-0.3, -0.25) is 0 Å². The van der Waals surface area contributed by atoms with E-state index in [4.69, 9.17) is 23.7 Å². The van der Waals surface area contributed by atoms with E-state index in [9.17, 15) is 9.59 Å². The maximum absolute atomic E-state index is 13.4. The van der Waals surface area contributed by atoms with E-state index in [2.05, 4.69) is 0 Å². The summed E-state index contributed by atoms with van der Waals surface area (Å²) in [5.74, 6) is -1.10. The number of ether oxygens (including phenoxy) is 5. The quantitative estimate of drug-likeness (QED) is 0.232. The molecule has 8 heteroatoms. The van der Waals surface area contributed by atoms with Crippen molar-refractivity contribution in [2.45, 2.75) is 48.0 Å². The third kappa shape index (κ3) is 6.42. The number of thioether (sulfide) groups is 1. The van der Waals surface area contributed by atoms with Crippen LogP contribution >= 0.6 is 11.8 Å². The van der Waals surface area contributed by atoms with E-state index < -0.39 is 48.1 Å². The number of hydrogen-bond acceptors (Lipinski definition) is 8. The smallest absolute Gasteiger partial charge is 0.338 e. The summed E-state index contributed by atoms with van der Waals surface area (Å²) in [7, 11) is 0. The van der Waals surface area contributed by atoms with E-state index in [-0.39, 0.29) is 6.61 Å². The molecular weight excluding hydrogens is 552 g/mol. The molecule has 0 amide bonds. The zero-order chi connectivity index (χ0) is 28.9. The van der Waals surface area contributed by atoms with Crippen molar-refractivity contribution < 1.29 is 33.3 Å². The molecule has 0 aromatic heterocycles. The highest BCUT2D eigenvalue weighted by atomic mass is 32.2. The van der Waals surface area contributed by atoms with Gasteiger partial charge in [-0.1, -0.05) is 96.2 Å². The van der Waals surface area contributed by atoms with E-state index in [1.807, 2.05) is 73.7 Å². The third-order valence-electron chi connectivity index (χ3n) is 7.13. The molecule has 42 heavy (non-hydrogen) atoms. The summed E-state index contributed by atoms with van der Waals surface area (Å²) < 4.78 is 31.3. The van der Waals surface area contributed by atoms with Crippen LogP contribution in [0.4, 0.5) is 0 Å². The van der Waals surface area contributed by atoms with Crippen molar-refractivity contribution in [3.05, 3.63) is 138 Å². The Bertz CT molecular complexity index is 1480. The van der Waals surface area contributed by atoms with Crippen molar-refractivity contribution in [3.63, 3.8) is 0 Å². The molecule has 2 saturated heterocycles. The Hall–Kier alpha value is -3.95. The van der Waals surface area contributed by atoms with Gasteiger partial charge in [-0.2, -0.15) is 0 Å². The van der Waals surface area contributed by atoms with Crippen molar-refractivity contribution in [2.75, 3.05) is 6.61 Å². The molecule has 0 bridgehead atoms. The minimum absolute atomic E-state index is 0.202. The second kappa shape index (κ2) is 12.9. The number of carbonyl (C=O) groups excluding carboxylic acids is 2. The Morgan fingerprint density at radius 2 is 1.24 bits per heavy atom. The number of rotatable bonds is 7. The summed E-state index contributed by atoms with van der Waals surface area (Å²) in [6.45, 7) is 2.22. The molecule has 0 aliphatic carbocycles. The van der Waals surface area contributed by atoms with Crippen LogP contribution in [0, 0.1) is 6.92 Å². The van der Waals surface area contributed by atoms with E-state index in [1.165, 1.54) is 11.8 Å². The van der Waals surface area contributed by atoms with Crippen LogP contribution in [0.3, 0.4) is 0 Å². The highest BCUT2D eigenvalue weighted by Gasteiger charge is 2.54. The Kier molecular flexibility index (Phi) is 8.67. The van der Waals surface area contributed by atoms with Gasteiger partial charge in [0.25, 0.3) is 0 Å². The van der Waals surface area contributed by atoms with Crippen molar-refractivity contribution in [3.8, 4) is 0 Å². The first-order valence-electron chi connectivity index (χ1n) is 13.8. The number of esters is 2. The van der Waals surface area contributed by atoms with Crippen molar-refractivity contribution in [1.82, 2.24) is 0 Å². The molecule has 0 spiro atoms. The highest BCUT2D eigenvalue weighted by Crippen LogP contribution is 2.41. The van der Waals surface area contributed by atoms with Crippen LogP contribution in [-0.4, -0.2) is 48.4 Å². The van der Waals surface area contributed by atoms with Gasteiger partial charge in [0, 0.05) is 10.5 Å². The highest BCUT2D eigenvalue weighted by molar-refractivity contribution is 7.99. The molecule has 214 valence electrons. The third-order valence-corrected chi connectivity index (χ3v) is 8.29. The molecule has 2 aliphatic heterocycles. The topological polar surface area (TPSA) is 80.3 Å². The minimum atomic E-state index is -0.993. The lowest BCUT2D eigenvalue weighted by atomic mass is 9.98. The van der Waals surface area contributed by atoms with Crippen LogP contribution in [0.15, 0.2) is 120 Å². The first-order chi connectivity index (χ1) is 20.5. The van der Waals surface area contributed by atoms with Crippen LogP contribution in [-0.2, 0) is 23.7 Å². The van der Waals surface area contributed by atoms with Crippen LogP contribution < -0.4 is 0 Å². The lowest BCUT2D eigenvalue weighted by Gasteiger charge is -2.48. The van der Waals surface area contributed by atoms with Crippen molar-refractivity contribution in [1.29, 1.82) is 0 Å². The monoisotopic (exact) mass is 582 g/mol. The second-order valence-corrected chi connectivity index (χ2v) is 11.3. The lowest BCUT2D eigenvalue weighted by Crippen LogP contribution is -2.63. The minimum Gasteiger partial charge on any atom is -0.452 e. The first kappa shape index (κ1) is 28.2. The fraction of sp³-hybridized carbons (Fsp3) is 0.235. The predicted octanol–water partition coefficient (Wildman–Crippen LogP) is 6.38. The van der Waals surface area contributed by atoms with Crippen molar-refractivity contribution in [2.24, 2.45) is 0 Å². The lowest BCUT2D eigenvalue weighted by molar-refractivity contribution is -0.317. The molecule has 2 heterocycles. The molecule has 0 saturated carbocycles. The van der Waals surface area contributed by atoms with Gasteiger partial charge >= 0.3 is 11.9 Å². The van der Waals surface area contributed by atoms with Gasteiger partial charge in [-0.05, 0) is 43.3 Å². The molecule has 2 unspecified atom stereocenters.